The third-order valence-corrected chi connectivity index (χ3v) is 2.40. The highest BCUT2D eigenvalue weighted by molar-refractivity contribution is 8.13. The minimum absolute atomic E-state index is 0. The summed E-state index contributed by atoms with van der Waals surface area (Å²) in [6.45, 7) is 9.19. The number of hydrogen-bond acceptors (Lipinski definition) is 8. The zero-order valence-electron chi connectivity index (χ0n) is 16.6. The van der Waals surface area contributed by atoms with Crippen molar-refractivity contribution in [1.29, 1.82) is 10.8 Å². The van der Waals surface area contributed by atoms with Crippen LogP contribution in [0.25, 0.3) is 0 Å². The van der Waals surface area contributed by atoms with E-state index in [0.717, 1.165) is 24.7 Å². The van der Waals surface area contributed by atoms with Crippen molar-refractivity contribution in [3.05, 3.63) is 18.2 Å². The van der Waals surface area contributed by atoms with Crippen molar-refractivity contribution < 1.29 is 0 Å². The quantitative estimate of drug-likeness (QED) is 0.256. The second kappa shape index (κ2) is 35.2. The lowest BCUT2D eigenvalue weighted by atomic mass is 10.7. The maximum atomic E-state index is 6.71. The molecule has 2 rings (SSSR count). The SMILES string of the molecule is C.C.CC(=N)N.CC1=NCCN1.CN.CN.CSC(C)=N.Cc1ncc[nH]1. The molecule has 0 aromatic carbocycles. The van der Waals surface area contributed by atoms with Crippen LogP contribution in [-0.4, -0.2) is 60.1 Å². The molecule has 10 heteroatoms. The molecule has 2 heterocycles. The van der Waals surface area contributed by atoms with Gasteiger partial charge in [0, 0.05) is 18.9 Å². The van der Waals surface area contributed by atoms with E-state index in [-0.39, 0.29) is 20.7 Å². The third kappa shape index (κ3) is 59.2. The minimum atomic E-state index is 0. The van der Waals surface area contributed by atoms with Crippen molar-refractivity contribution in [2.75, 3.05) is 33.4 Å². The van der Waals surface area contributed by atoms with Gasteiger partial charge in [-0.05, 0) is 48.0 Å². The summed E-state index contributed by atoms with van der Waals surface area (Å²) < 4.78 is 0. The van der Waals surface area contributed by atoms with Gasteiger partial charge in [-0.1, -0.05) is 14.9 Å². The monoisotopic (exact) mass is 407 g/mol. The van der Waals surface area contributed by atoms with Crippen LogP contribution in [0.1, 0.15) is 41.4 Å². The van der Waals surface area contributed by atoms with Crippen molar-refractivity contribution >= 4 is 28.5 Å². The normalized spacial score (nSPS) is 9.15. The first-order valence-electron chi connectivity index (χ1n) is 7.55. The van der Waals surface area contributed by atoms with Crippen LogP contribution in [-0.2, 0) is 0 Å². The van der Waals surface area contributed by atoms with Crippen LogP contribution in [0.15, 0.2) is 17.4 Å². The maximum Gasteiger partial charge on any atom is 0.102 e. The molecule has 1 aromatic rings. The molecule has 0 spiro atoms. The van der Waals surface area contributed by atoms with Crippen LogP contribution in [0.4, 0.5) is 0 Å². The average Bonchev–Trinajstić information content (AvgIpc) is 3.25. The predicted molar refractivity (Wildman–Crippen MR) is 127 cm³/mol. The van der Waals surface area contributed by atoms with Gasteiger partial charge < -0.3 is 27.5 Å². The van der Waals surface area contributed by atoms with Crippen molar-refractivity contribution in [2.45, 2.75) is 42.5 Å². The van der Waals surface area contributed by atoms with Gasteiger partial charge in [0.1, 0.15) is 5.82 Å². The van der Waals surface area contributed by atoms with E-state index in [1.807, 2.05) is 20.1 Å². The van der Waals surface area contributed by atoms with Gasteiger partial charge in [-0.2, -0.15) is 0 Å². The van der Waals surface area contributed by atoms with Crippen LogP contribution in [0.3, 0.4) is 0 Å². The lowest BCUT2D eigenvalue weighted by molar-refractivity contribution is 0.958. The lowest BCUT2D eigenvalue weighted by Gasteiger charge is -1.85. The number of nitrogens with one attached hydrogen (secondary N) is 4. The van der Waals surface area contributed by atoms with E-state index in [1.165, 1.54) is 32.8 Å². The number of nitrogens with zero attached hydrogens (tertiary/aromatic N) is 2. The Morgan fingerprint density at radius 2 is 1.52 bits per heavy atom. The van der Waals surface area contributed by atoms with Gasteiger partial charge in [-0.15, -0.1) is 11.8 Å². The number of H-pyrrole nitrogens is 1. The van der Waals surface area contributed by atoms with Crippen molar-refractivity contribution in [3.8, 4) is 0 Å². The van der Waals surface area contributed by atoms with E-state index in [9.17, 15) is 0 Å². The van der Waals surface area contributed by atoms with E-state index in [4.69, 9.17) is 16.6 Å². The molecule has 0 amide bonds. The molecule has 27 heavy (non-hydrogen) atoms. The molecule has 0 radical (unpaired) electrons. The van der Waals surface area contributed by atoms with Gasteiger partial charge in [-0.3, -0.25) is 15.8 Å². The summed E-state index contributed by atoms with van der Waals surface area (Å²) in [6, 6.07) is 0. The van der Waals surface area contributed by atoms with Gasteiger partial charge in [0.15, 0.2) is 0 Å². The summed E-state index contributed by atoms with van der Waals surface area (Å²) in [4.78, 5) is 10.8. The fourth-order valence-corrected chi connectivity index (χ4v) is 0.861. The standard InChI is InChI=1S/C4H8N2.C4H6N2.C3H7NS.C2H6N2.2CH5N.2CH4/c2*1-4-5-2-3-6-4;1-3(4)5-2;1-2(3)4;2*1-2;;/h2-3H2,1H3,(H,5,6);2-3H,1H3,(H,5,6);4H,1-2H3;1H3,(H3,3,4);2*2H2,1H3;2*1H4. The molecule has 0 aliphatic carbocycles. The molecule has 164 valence electrons. The summed E-state index contributed by atoms with van der Waals surface area (Å²) in [5.41, 5.74) is 13.7. The summed E-state index contributed by atoms with van der Waals surface area (Å²) in [7, 11) is 3.00. The number of rotatable bonds is 0. The van der Waals surface area contributed by atoms with Gasteiger partial charge in [0.2, 0.25) is 0 Å². The van der Waals surface area contributed by atoms with Gasteiger partial charge in [0.05, 0.1) is 23.3 Å². The Balaban J connectivity index is -0.0000000506. The molecule has 1 aromatic heterocycles. The van der Waals surface area contributed by atoms with Crippen molar-refractivity contribution in [2.24, 2.45) is 22.2 Å². The third-order valence-electron chi connectivity index (χ3n) is 1.78. The molecule has 0 saturated carbocycles. The van der Waals surface area contributed by atoms with E-state index in [1.54, 1.807) is 19.3 Å². The first kappa shape index (κ1) is 40.0. The topological polar surface area (TPSA) is 179 Å². The second-order valence-corrected chi connectivity index (χ2v) is 5.03. The summed E-state index contributed by atoms with van der Waals surface area (Å²) >= 11 is 1.46. The van der Waals surface area contributed by atoms with Gasteiger partial charge >= 0.3 is 0 Å². The average molecular weight is 408 g/mol. The molecular formula is C17H45N9S. The second-order valence-electron chi connectivity index (χ2n) is 4.01. The van der Waals surface area contributed by atoms with Crippen molar-refractivity contribution in [1.82, 2.24) is 15.3 Å². The highest BCUT2D eigenvalue weighted by atomic mass is 32.2. The molecule has 0 atom stereocenters. The van der Waals surface area contributed by atoms with Crippen molar-refractivity contribution in [3.63, 3.8) is 0 Å². The van der Waals surface area contributed by atoms with E-state index in [2.05, 4.69) is 31.7 Å². The van der Waals surface area contributed by atoms with Crippen LogP contribution >= 0.6 is 11.8 Å². The fourth-order valence-electron chi connectivity index (χ4n) is 0.861. The summed E-state index contributed by atoms with van der Waals surface area (Å²) in [5, 5.41) is 16.7. The number of amidine groups is 2. The summed E-state index contributed by atoms with van der Waals surface area (Å²) in [6.07, 6.45) is 5.42. The first-order chi connectivity index (χ1) is 11.8. The van der Waals surface area contributed by atoms with Gasteiger partial charge in [0.25, 0.3) is 0 Å². The number of aromatic amines is 1. The zero-order valence-corrected chi connectivity index (χ0v) is 17.4. The van der Waals surface area contributed by atoms with E-state index < -0.39 is 0 Å². The number of imidazole rings is 1. The zero-order chi connectivity index (χ0) is 20.7. The Kier molecular flexibility index (Phi) is 52.2. The molecule has 10 N–H and O–H groups in total. The van der Waals surface area contributed by atoms with Crippen LogP contribution in [0.2, 0.25) is 0 Å². The lowest BCUT2D eigenvalue weighted by Crippen LogP contribution is -2.13. The fraction of sp³-hybridized carbons (Fsp3) is 0.647. The molecule has 1 aliphatic heterocycles. The Morgan fingerprint density at radius 3 is 1.59 bits per heavy atom. The Labute approximate surface area is 171 Å². The Morgan fingerprint density at radius 1 is 1.11 bits per heavy atom. The van der Waals surface area contributed by atoms with Gasteiger partial charge in [-0.25, -0.2) is 4.98 Å². The number of aromatic nitrogens is 2. The van der Waals surface area contributed by atoms with Crippen LogP contribution in [0, 0.1) is 17.7 Å². The maximum absolute atomic E-state index is 6.71. The Hall–Kier alpha value is -1.91. The predicted octanol–water partition coefficient (Wildman–Crippen LogP) is 2.44. The molecule has 0 bridgehead atoms. The van der Waals surface area contributed by atoms with E-state index in [0.29, 0.717) is 5.04 Å². The molecular weight excluding hydrogens is 362 g/mol. The number of aryl methyl sites for hydroxylation is 1. The van der Waals surface area contributed by atoms with E-state index >= 15 is 0 Å². The summed E-state index contributed by atoms with van der Waals surface area (Å²) in [5.74, 6) is 2.21. The molecule has 9 nitrogen and oxygen atoms in total. The van der Waals surface area contributed by atoms with Crippen LogP contribution in [0.5, 0.6) is 0 Å². The smallest absolute Gasteiger partial charge is 0.102 e. The molecule has 0 unspecified atom stereocenters. The molecule has 0 saturated heterocycles. The van der Waals surface area contributed by atoms with Crippen LogP contribution < -0.4 is 22.5 Å². The highest BCUT2D eigenvalue weighted by Gasteiger charge is 1.93. The number of aliphatic imine (C=N–C) groups is 1. The number of nitrogens with two attached hydrogens (primary N) is 3. The molecule has 0 fully saturated rings. The largest absolute Gasteiger partial charge is 0.388 e. The number of thioether (sulfide) groups is 1. The first-order valence-corrected chi connectivity index (χ1v) is 8.78. The minimum Gasteiger partial charge on any atom is -0.388 e. The Bertz CT molecular complexity index is 414. The number of hydrogen-bond donors (Lipinski definition) is 7. The molecule has 1 aliphatic rings. The highest BCUT2D eigenvalue weighted by Crippen LogP contribution is 1.89.